The number of hydrogen-bond donors (Lipinski definition) is 1. The van der Waals surface area contributed by atoms with E-state index in [4.69, 9.17) is 4.74 Å². The minimum Gasteiger partial charge on any atom is -0.369 e. The third-order valence-electron chi connectivity index (χ3n) is 2.47. The van der Waals surface area contributed by atoms with Gasteiger partial charge in [0.2, 0.25) is 0 Å². The van der Waals surface area contributed by atoms with Crippen LogP contribution in [0.5, 0.6) is 0 Å². The maximum atomic E-state index is 11.8. The number of anilines is 1. The van der Waals surface area contributed by atoms with Gasteiger partial charge in [0.1, 0.15) is 5.60 Å². The van der Waals surface area contributed by atoms with Gasteiger partial charge in [-0.15, -0.1) is 0 Å². The number of hydrogen-bond acceptors (Lipinski definition) is 4. The second kappa shape index (κ2) is 5.45. The number of nitro benzene ring substituents is 1. The number of carbonyl (C=O) groups excluding carboxylic acids is 1. The number of rotatable bonds is 4. The van der Waals surface area contributed by atoms with Crippen molar-refractivity contribution in [2.75, 3.05) is 12.4 Å². The lowest BCUT2D eigenvalue weighted by Crippen LogP contribution is -2.38. The molecule has 1 aromatic carbocycles. The molecular weight excluding hydrogens is 304 g/mol. The van der Waals surface area contributed by atoms with Crippen LogP contribution in [-0.2, 0) is 9.53 Å². The zero-order chi connectivity index (χ0) is 13.9. The summed E-state index contributed by atoms with van der Waals surface area (Å²) in [5.41, 5.74) is -0.567. The molecule has 1 N–H and O–H groups in total. The molecule has 0 aliphatic carbocycles. The zero-order valence-corrected chi connectivity index (χ0v) is 11.8. The fourth-order valence-corrected chi connectivity index (χ4v) is 1.55. The molecule has 6 nitrogen and oxygen atoms in total. The third-order valence-corrected chi connectivity index (χ3v) is 3.12. The van der Waals surface area contributed by atoms with Gasteiger partial charge >= 0.3 is 0 Å². The van der Waals surface area contributed by atoms with Crippen LogP contribution in [0.1, 0.15) is 13.8 Å². The Bertz CT molecular complexity index is 488. The topological polar surface area (TPSA) is 81.5 Å². The Morgan fingerprint density at radius 1 is 1.50 bits per heavy atom. The van der Waals surface area contributed by atoms with Gasteiger partial charge in [0, 0.05) is 23.7 Å². The number of non-ortho nitro benzene ring substituents is 1. The van der Waals surface area contributed by atoms with E-state index >= 15 is 0 Å². The summed E-state index contributed by atoms with van der Waals surface area (Å²) in [4.78, 5) is 21.9. The molecule has 0 spiro atoms. The van der Waals surface area contributed by atoms with E-state index in [0.717, 1.165) is 0 Å². The van der Waals surface area contributed by atoms with Gasteiger partial charge in [-0.1, -0.05) is 0 Å². The highest BCUT2D eigenvalue weighted by Crippen LogP contribution is 2.27. The van der Waals surface area contributed by atoms with Crippen LogP contribution in [0, 0.1) is 10.1 Å². The van der Waals surface area contributed by atoms with Crippen LogP contribution in [-0.4, -0.2) is 23.5 Å². The summed E-state index contributed by atoms with van der Waals surface area (Å²) in [5, 5.41) is 13.2. The molecule has 0 saturated carbocycles. The van der Waals surface area contributed by atoms with Crippen molar-refractivity contribution in [1.82, 2.24) is 0 Å². The van der Waals surface area contributed by atoms with E-state index in [2.05, 4.69) is 21.2 Å². The second-order valence-electron chi connectivity index (χ2n) is 4.09. The fraction of sp³-hybridized carbons (Fsp3) is 0.364. The van der Waals surface area contributed by atoms with Crippen LogP contribution in [0.4, 0.5) is 11.4 Å². The molecule has 0 atom stereocenters. The standard InChI is InChI=1S/C11H13BrN2O4/c1-11(2,18-3)10(15)13-9-5-4-7(14(16)17)6-8(9)12/h4-6H,1-3H3,(H,13,15). The summed E-state index contributed by atoms with van der Waals surface area (Å²) >= 11 is 3.17. The van der Waals surface area contributed by atoms with Crippen LogP contribution >= 0.6 is 15.9 Å². The number of carbonyl (C=O) groups is 1. The Hall–Kier alpha value is -1.47. The first-order valence-corrected chi connectivity index (χ1v) is 5.88. The first-order valence-electron chi connectivity index (χ1n) is 5.08. The summed E-state index contributed by atoms with van der Waals surface area (Å²) in [5.74, 6) is -0.334. The number of nitro groups is 1. The van der Waals surface area contributed by atoms with Crippen molar-refractivity contribution in [1.29, 1.82) is 0 Å². The number of benzene rings is 1. The first kappa shape index (κ1) is 14.6. The molecule has 0 aliphatic rings. The summed E-state index contributed by atoms with van der Waals surface area (Å²) in [6.45, 7) is 3.25. The number of nitrogens with one attached hydrogen (secondary N) is 1. The molecule has 7 heteroatoms. The molecule has 0 saturated heterocycles. The molecule has 0 heterocycles. The van der Waals surface area contributed by atoms with Crippen LogP contribution < -0.4 is 5.32 Å². The molecule has 0 aromatic heterocycles. The van der Waals surface area contributed by atoms with E-state index in [0.29, 0.717) is 10.2 Å². The van der Waals surface area contributed by atoms with E-state index in [-0.39, 0.29) is 11.6 Å². The molecular formula is C11H13BrN2O4. The normalized spacial score (nSPS) is 11.1. The molecule has 1 aromatic rings. The Balaban J connectivity index is 2.93. The third kappa shape index (κ3) is 3.27. The van der Waals surface area contributed by atoms with Crippen molar-refractivity contribution in [3.05, 3.63) is 32.8 Å². The summed E-state index contributed by atoms with van der Waals surface area (Å²) in [6, 6.07) is 4.11. The van der Waals surface area contributed by atoms with Gasteiger partial charge < -0.3 is 10.1 Å². The van der Waals surface area contributed by atoms with Gasteiger partial charge in [-0.05, 0) is 35.8 Å². The van der Waals surface area contributed by atoms with E-state index in [9.17, 15) is 14.9 Å². The Morgan fingerprint density at radius 2 is 2.11 bits per heavy atom. The maximum Gasteiger partial charge on any atom is 0.270 e. The Kier molecular flexibility index (Phi) is 4.42. The molecule has 0 aliphatic heterocycles. The van der Waals surface area contributed by atoms with Gasteiger partial charge in [0.15, 0.2) is 0 Å². The highest BCUT2D eigenvalue weighted by Gasteiger charge is 2.27. The van der Waals surface area contributed by atoms with Crippen LogP contribution in [0.3, 0.4) is 0 Å². The summed E-state index contributed by atoms with van der Waals surface area (Å²) in [6.07, 6.45) is 0. The Morgan fingerprint density at radius 3 is 2.56 bits per heavy atom. The summed E-state index contributed by atoms with van der Waals surface area (Å²) in [7, 11) is 1.43. The molecule has 0 unspecified atom stereocenters. The van der Waals surface area contributed by atoms with Crippen molar-refractivity contribution in [3.63, 3.8) is 0 Å². The van der Waals surface area contributed by atoms with Gasteiger partial charge in [-0.2, -0.15) is 0 Å². The quantitative estimate of drug-likeness (QED) is 0.684. The number of halogens is 1. The van der Waals surface area contributed by atoms with E-state index < -0.39 is 10.5 Å². The molecule has 98 valence electrons. The van der Waals surface area contributed by atoms with Crippen molar-refractivity contribution < 1.29 is 14.5 Å². The van der Waals surface area contributed by atoms with Crippen molar-refractivity contribution in [3.8, 4) is 0 Å². The average molecular weight is 317 g/mol. The molecule has 0 radical (unpaired) electrons. The van der Waals surface area contributed by atoms with Crippen molar-refractivity contribution >= 4 is 33.2 Å². The largest absolute Gasteiger partial charge is 0.369 e. The van der Waals surface area contributed by atoms with Crippen LogP contribution in [0.15, 0.2) is 22.7 Å². The lowest BCUT2D eigenvalue weighted by Gasteiger charge is -2.22. The van der Waals surface area contributed by atoms with E-state index in [1.165, 1.54) is 25.3 Å². The summed E-state index contributed by atoms with van der Waals surface area (Å²) < 4.78 is 5.48. The number of methoxy groups -OCH3 is 1. The Labute approximate surface area is 113 Å². The molecule has 0 bridgehead atoms. The first-order chi connectivity index (χ1) is 8.27. The molecule has 0 fully saturated rings. The predicted molar refractivity (Wildman–Crippen MR) is 70.5 cm³/mol. The van der Waals surface area contributed by atoms with Crippen LogP contribution in [0.2, 0.25) is 0 Å². The predicted octanol–water partition coefficient (Wildman–Crippen LogP) is 2.72. The molecule has 1 rings (SSSR count). The maximum absolute atomic E-state index is 11.8. The SMILES string of the molecule is COC(C)(C)C(=O)Nc1ccc([N+](=O)[O-])cc1Br. The van der Waals surface area contributed by atoms with Crippen molar-refractivity contribution in [2.24, 2.45) is 0 Å². The number of ether oxygens (including phenoxy) is 1. The lowest BCUT2D eigenvalue weighted by molar-refractivity contribution is -0.384. The monoisotopic (exact) mass is 316 g/mol. The highest BCUT2D eigenvalue weighted by atomic mass is 79.9. The van der Waals surface area contributed by atoms with Gasteiger partial charge in [0.05, 0.1) is 10.6 Å². The zero-order valence-electron chi connectivity index (χ0n) is 10.2. The minimum absolute atomic E-state index is 0.0501. The molecule has 1 amide bonds. The van der Waals surface area contributed by atoms with Gasteiger partial charge in [-0.25, -0.2) is 0 Å². The second-order valence-corrected chi connectivity index (χ2v) is 4.94. The van der Waals surface area contributed by atoms with Gasteiger partial charge in [-0.3, -0.25) is 14.9 Å². The fourth-order valence-electron chi connectivity index (χ4n) is 1.08. The van der Waals surface area contributed by atoms with E-state index in [1.807, 2.05) is 0 Å². The number of amides is 1. The highest BCUT2D eigenvalue weighted by molar-refractivity contribution is 9.10. The van der Waals surface area contributed by atoms with Crippen LogP contribution in [0.25, 0.3) is 0 Å². The van der Waals surface area contributed by atoms with Crippen molar-refractivity contribution in [2.45, 2.75) is 19.4 Å². The van der Waals surface area contributed by atoms with E-state index in [1.54, 1.807) is 13.8 Å². The lowest BCUT2D eigenvalue weighted by atomic mass is 10.1. The van der Waals surface area contributed by atoms with Gasteiger partial charge in [0.25, 0.3) is 11.6 Å². The average Bonchev–Trinajstić information content (AvgIpc) is 2.31. The number of nitrogens with zero attached hydrogens (tertiary/aromatic N) is 1. The molecule has 18 heavy (non-hydrogen) atoms. The minimum atomic E-state index is -0.971. The smallest absolute Gasteiger partial charge is 0.270 e.